The van der Waals surface area contributed by atoms with Crippen molar-refractivity contribution in [2.24, 2.45) is 5.41 Å². The third-order valence-electron chi connectivity index (χ3n) is 4.46. The Balaban J connectivity index is 2.02. The first kappa shape index (κ1) is 16.2. The van der Waals surface area contributed by atoms with Crippen LogP contribution in [-0.4, -0.2) is 26.7 Å². The quantitative estimate of drug-likeness (QED) is 0.822. The highest BCUT2D eigenvalue weighted by molar-refractivity contribution is 7.71. The van der Waals surface area contributed by atoms with Crippen LogP contribution >= 0.6 is 12.2 Å². The van der Waals surface area contributed by atoms with Crippen LogP contribution in [0.2, 0.25) is 0 Å². The molecule has 1 aromatic heterocycles. The molecular weight excluding hydrogens is 284 g/mol. The Morgan fingerprint density at radius 2 is 2.29 bits per heavy atom. The second-order valence-corrected chi connectivity index (χ2v) is 7.02. The zero-order valence-corrected chi connectivity index (χ0v) is 14.1. The van der Waals surface area contributed by atoms with E-state index in [4.69, 9.17) is 12.2 Å². The van der Waals surface area contributed by atoms with Crippen LogP contribution < -0.4 is 5.32 Å². The largest absolute Gasteiger partial charge is 0.351 e. The molecule has 0 spiro atoms. The Labute approximate surface area is 131 Å². The topological polar surface area (TPSA) is 62.7 Å². The highest BCUT2D eigenvalue weighted by atomic mass is 32.1. The zero-order chi connectivity index (χ0) is 15.5. The maximum Gasteiger partial charge on any atom is 0.240 e. The van der Waals surface area contributed by atoms with Crippen molar-refractivity contribution in [3.8, 4) is 0 Å². The minimum atomic E-state index is 0.0322. The molecule has 1 aliphatic rings. The normalized spacial score (nSPS) is 21.2. The molecule has 1 fully saturated rings. The Kier molecular flexibility index (Phi) is 5.19. The number of nitrogens with one attached hydrogen (secondary N) is 2. The summed E-state index contributed by atoms with van der Waals surface area (Å²) in [5.41, 5.74) is 0.179. The molecule has 0 radical (unpaired) electrons. The van der Waals surface area contributed by atoms with E-state index in [2.05, 4.69) is 36.3 Å². The number of carbonyl (C=O) groups excluding carboxylic acids is 1. The van der Waals surface area contributed by atoms with Crippen LogP contribution in [0.5, 0.6) is 0 Å². The van der Waals surface area contributed by atoms with Gasteiger partial charge in [-0.1, -0.05) is 33.6 Å². The highest BCUT2D eigenvalue weighted by Crippen LogP contribution is 2.35. The summed E-state index contributed by atoms with van der Waals surface area (Å²) in [7, 11) is 0. The van der Waals surface area contributed by atoms with E-state index < -0.39 is 0 Å². The van der Waals surface area contributed by atoms with E-state index in [1.807, 2.05) is 4.57 Å². The molecule has 1 saturated carbocycles. The molecule has 21 heavy (non-hydrogen) atoms. The van der Waals surface area contributed by atoms with Gasteiger partial charge in [-0.2, -0.15) is 5.10 Å². The van der Waals surface area contributed by atoms with Crippen LogP contribution in [0.1, 0.15) is 58.7 Å². The summed E-state index contributed by atoms with van der Waals surface area (Å²) in [6.45, 7) is 6.83. The second-order valence-electron chi connectivity index (χ2n) is 6.64. The molecule has 1 aromatic rings. The smallest absolute Gasteiger partial charge is 0.240 e. The van der Waals surface area contributed by atoms with Crippen molar-refractivity contribution in [3.63, 3.8) is 0 Å². The van der Waals surface area contributed by atoms with Crippen LogP contribution in [0.4, 0.5) is 0 Å². The first-order valence-corrected chi connectivity index (χ1v) is 8.28. The fourth-order valence-corrected chi connectivity index (χ4v) is 3.29. The summed E-state index contributed by atoms with van der Waals surface area (Å²) in [5, 5.41) is 10.2. The summed E-state index contributed by atoms with van der Waals surface area (Å²) >= 11 is 5.22. The van der Waals surface area contributed by atoms with Crippen molar-refractivity contribution in [2.75, 3.05) is 0 Å². The Hall–Kier alpha value is -1.17. The summed E-state index contributed by atoms with van der Waals surface area (Å²) < 4.78 is 2.33. The number of H-pyrrole nitrogens is 1. The fraction of sp³-hybridized carbons (Fsp3) is 0.800. The van der Waals surface area contributed by atoms with Gasteiger partial charge in [0.2, 0.25) is 5.91 Å². The second kappa shape index (κ2) is 6.73. The van der Waals surface area contributed by atoms with Gasteiger partial charge in [0.05, 0.1) is 0 Å². The van der Waals surface area contributed by atoms with Gasteiger partial charge in [0.25, 0.3) is 0 Å². The lowest BCUT2D eigenvalue weighted by Gasteiger charge is -2.39. The highest BCUT2D eigenvalue weighted by Gasteiger charge is 2.33. The monoisotopic (exact) mass is 310 g/mol. The van der Waals surface area contributed by atoms with Crippen LogP contribution in [0.25, 0.3) is 0 Å². The Morgan fingerprint density at radius 1 is 1.52 bits per heavy atom. The standard InChI is InChI=1S/C15H26N4OS/c1-4-7-12-17-18-14(21)19(12)10-13(20)16-11-8-5-6-9-15(11,2)3/h11H,4-10H2,1-3H3,(H,16,20)(H,18,21)/t11-/m0/s1. The minimum Gasteiger partial charge on any atom is -0.351 e. The molecular formula is C15H26N4OS. The number of aromatic amines is 1. The molecule has 2 rings (SSSR count). The predicted molar refractivity (Wildman–Crippen MR) is 85.6 cm³/mol. The van der Waals surface area contributed by atoms with E-state index in [1.54, 1.807) is 0 Å². The third kappa shape index (κ3) is 3.93. The number of amides is 1. The molecule has 0 unspecified atom stereocenters. The van der Waals surface area contributed by atoms with Crippen molar-refractivity contribution in [1.82, 2.24) is 20.1 Å². The van der Waals surface area contributed by atoms with E-state index in [-0.39, 0.29) is 23.9 Å². The lowest BCUT2D eigenvalue weighted by atomic mass is 9.73. The third-order valence-corrected chi connectivity index (χ3v) is 4.77. The summed E-state index contributed by atoms with van der Waals surface area (Å²) in [4.78, 5) is 12.4. The van der Waals surface area contributed by atoms with Gasteiger partial charge in [0.15, 0.2) is 4.77 Å². The van der Waals surface area contributed by atoms with Crippen molar-refractivity contribution >= 4 is 18.1 Å². The van der Waals surface area contributed by atoms with Gasteiger partial charge in [-0.15, -0.1) is 0 Å². The maximum absolute atomic E-state index is 12.4. The van der Waals surface area contributed by atoms with E-state index in [0.29, 0.717) is 4.77 Å². The minimum absolute atomic E-state index is 0.0322. The molecule has 6 heteroatoms. The maximum atomic E-state index is 12.4. The molecule has 2 N–H and O–H groups in total. The molecule has 1 aliphatic carbocycles. The number of aromatic nitrogens is 3. The molecule has 0 saturated heterocycles. The first-order chi connectivity index (χ1) is 9.94. The van der Waals surface area contributed by atoms with Crippen LogP contribution in [-0.2, 0) is 17.8 Å². The van der Waals surface area contributed by atoms with Gasteiger partial charge in [-0.3, -0.25) is 14.5 Å². The van der Waals surface area contributed by atoms with Crippen LogP contribution in [0.3, 0.4) is 0 Å². The van der Waals surface area contributed by atoms with E-state index in [9.17, 15) is 4.79 Å². The van der Waals surface area contributed by atoms with Crippen molar-refractivity contribution in [3.05, 3.63) is 10.6 Å². The number of carbonyl (C=O) groups is 1. The molecule has 1 heterocycles. The Morgan fingerprint density at radius 3 is 2.95 bits per heavy atom. The van der Waals surface area contributed by atoms with Crippen LogP contribution in [0.15, 0.2) is 0 Å². The SMILES string of the molecule is CCCc1n[nH]c(=S)n1CC(=O)N[C@H]1CCCCC1(C)C. The first-order valence-electron chi connectivity index (χ1n) is 7.87. The van der Waals surface area contributed by atoms with Crippen molar-refractivity contribution in [1.29, 1.82) is 0 Å². The molecule has 1 amide bonds. The van der Waals surface area contributed by atoms with Gasteiger partial charge >= 0.3 is 0 Å². The van der Waals surface area contributed by atoms with E-state index >= 15 is 0 Å². The zero-order valence-electron chi connectivity index (χ0n) is 13.2. The molecule has 0 aromatic carbocycles. The van der Waals surface area contributed by atoms with Crippen LogP contribution in [0, 0.1) is 10.2 Å². The molecule has 0 aliphatic heterocycles. The van der Waals surface area contributed by atoms with Gasteiger partial charge in [0.1, 0.15) is 12.4 Å². The lowest BCUT2D eigenvalue weighted by Crippen LogP contribution is -2.47. The molecule has 118 valence electrons. The lowest BCUT2D eigenvalue weighted by molar-refractivity contribution is -0.123. The number of nitrogens with zero attached hydrogens (tertiary/aromatic N) is 2. The number of aryl methyl sites for hydroxylation is 1. The van der Waals surface area contributed by atoms with Gasteiger partial charge in [-0.05, 0) is 36.9 Å². The summed E-state index contributed by atoms with van der Waals surface area (Å²) in [6.07, 6.45) is 6.50. The molecule has 0 bridgehead atoms. The molecule has 1 atom stereocenters. The Bertz CT molecular complexity index is 546. The summed E-state index contributed by atoms with van der Waals surface area (Å²) in [5.74, 6) is 0.894. The van der Waals surface area contributed by atoms with Crippen molar-refractivity contribution in [2.45, 2.75) is 71.9 Å². The predicted octanol–water partition coefficient (Wildman–Crippen LogP) is 2.98. The number of rotatable bonds is 5. The average molecular weight is 310 g/mol. The van der Waals surface area contributed by atoms with Gasteiger partial charge < -0.3 is 5.32 Å². The summed E-state index contributed by atoms with van der Waals surface area (Å²) in [6, 6.07) is 0.259. The van der Waals surface area contributed by atoms with E-state index in [1.165, 1.54) is 19.3 Å². The molecule has 5 nitrogen and oxygen atoms in total. The van der Waals surface area contributed by atoms with Gasteiger partial charge in [-0.25, -0.2) is 0 Å². The average Bonchev–Trinajstić information content (AvgIpc) is 2.74. The van der Waals surface area contributed by atoms with E-state index in [0.717, 1.165) is 25.1 Å². The number of hydrogen-bond donors (Lipinski definition) is 2. The fourth-order valence-electron chi connectivity index (χ4n) is 3.07. The number of hydrogen-bond acceptors (Lipinski definition) is 3. The van der Waals surface area contributed by atoms with Crippen molar-refractivity contribution < 1.29 is 4.79 Å². The van der Waals surface area contributed by atoms with Gasteiger partial charge in [0, 0.05) is 12.5 Å².